The van der Waals surface area contributed by atoms with Crippen molar-refractivity contribution >= 4 is 28.5 Å². The normalized spacial score (nSPS) is 13.6. The number of ether oxygens (including phenoxy) is 1. The summed E-state index contributed by atoms with van der Waals surface area (Å²) in [5.41, 5.74) is 2.52. The highest BCUT2D eigenvalue weighted by Gasteiger charge is 2.24. The van der Waals surface area contributed by atoms with Gasteiger partial charge in [0.05, 0.1) is 22.5 Å². The van der Waals surface area contributed by atoms with Crippen molar-refractivity contribution in [3.05, 3.63) is 96.1 Å². The lowest BCUT2D eigenvalue weighted by atomic mass is 10.0. The van der Waals surface area contributed by atoms with E-state index in [0.717, 1.165) is 0 Å². The summed E-state index contributed by atoms with van der Waals surface area (Å²) in [7, 11) is 0. The zero-order valence-corrected chi connectivity index (χ0v) is 19.4. The Balaban J connectivity index is 1.27. The molecule has 0 radical (unpaired) electrons. The molecule has 0 saturated carbocycles. The molecule has 6 nitrogen and oxygen atoms in total. The van der Waals surface area contributed by atoms with Crippen LogP contribution in [0.2, 0.25) is 0 Å². The minimum atomic E-state index is -0.643. The van der Waals surface area contributed by atoms with Gasteiger partial charge < -0.3 is 14.5 Å². The Labute approximate surface area is 206 Å². The van der Waals surface area contributed by atoms with Crippen LogP contribution in [-0.2, 0) is 9.53 Å². The Kier molecular flexibility index (Phi) is 6.58. The molecule has 0 N–H and O–H groups in total. The van der Waals surface area contributed by atoms with E-state index in [1.165, 1.54) is 18.2 Å². The lowest BCUT2D eigenvalue weighted by Gasteiger charge is -2.36. The van der Waals surface area contributed by atoms with Gasteiger partial charge in [-0.2, -0.15) is 0 Å². The van der Waals surface area contributed by atoms with Gasteiger partial charge in [-0.15, -0.1) is 0 Å². The summed E-state index contributed by atoms with van der Waals surface area (Å²) in [4.78, 5) is 33.9. The minimum absolute atomic E-state index is 0.275. The fraction of sp³-hybridized carbons (Fsp3) is 0.179. The number of amides is 1. The van der Waals surface area contributed by atoms with E-state index in [1.54, 1.807) is 59.5 Å². The van der Waals surface area contributed by atoms with E-state index in [1.807, 2.05) is 11.0 Å². The molecular formula is C28H23F2N3O3. The third-order valence-corrected chi connectivity index (χ3v) is 6.23. The number of rotatable bonds is 5. The zero-order chi connectivity index (χ0) is 25.1. The van der Waals surface area contributed by atoms with Crippen molar-refractivity contribution in [1.82, 2.24) is 9.88 Å². The van der Waals surface area contributed by atoms with E-state index in [4.69, 9.17) is 4.74 Å². The first-order valence-electron chi connectivity index (χ1n) is 11.6. The molecule has 2 heterocycles. The maximum atomic E-state index is 14.1. The molecule has 1 amide bonds. The van der Waals surface area contributed by atoms with Crippen molar-refractivity contribution in [2.24, 2.45) is 0 Å². The quantitative estimate of drug-likeness (QED) is 0.383. The van der Waals surface area contributed by atoms with Crippen molar-refractivity contribution in [2.75, 3.05) is 37.7 Å². The summed E-state index contributed by atoms with van der Waals surface area (Å²) in [6.07, 6.45) is 0. The predicted molar refractivity (Wildman–Crippen MR) is 133 cm³/mol. The number of benzene rings is 3. The molecule has 5 rings (SSSR count). The zero-order valence-electron chi connectivity index (χ0n) is 19.4. The minimum Gasteiger partial charge on any atom is -0.452 e. The van der Waals surface area contributed by atoms with Crippen LogP contribution in [0.15, 0.2) is 78.9 Å². The smallest absolute Gasteiger partial charge is 0.339 e. The van der Waals surface area contributed by atoms with Gasteiger partial charge >= 0.3 is 5.97 Å². The Morgan fingerprint density at radius 3 is 2.31 bits per heavy atom. The van der Waals surface area contributed by atoms with Crippen LogP contribution in [0.1, 0.15) is 10.4 Å². The number of anilines is 1. The first kappa shape index (κ1) is 23.4. The molecule has 1 fully saturated rings. The van der Waals surface area contributed by atoms with Gasteiger partial charge in [0.15, 0.2) is 6.61 Å². The van der Waals surface area contributed by atoms with E-state index in [2.05, 4.69) is 4.98 Å². The van der Waals surface area contributed by atoms with Crippen LogP contribution in [0.4, 0.5) is 14.5 Å². The summed E-state index contributed by atoms with van der Waals surface area (Å²) in [5.74, 6) is -1.62. The van der Waals surface area contributed by atoms with Crippen LogP contribution in [0, 0.1) is 11.6 Å². The van der Waals surface area contributed by atoms with E-state index < -0.39 is 12.6 Å². The maximum Gasteiger partial charge on any atom is 0.339 e. The number of halogens is 2. The van der Waals surface area contributed by atoms with Crippen LogP contribution < -0.4 is 4.90 Å². The molecule has 182 valence electrons. The fourth-order valence-corrected chi connectivity index (χ4v) is 4.31. The van der Waals surface area contributed by atoms with Crippen molar-refractivity contribution in [1.29, 1.82) is 0 Å². The number of carbonyl (C=O) groups is 2. The average Bonchev–Trinajstić information content (AvgIpc) is 2.91. The molecule has 1 aromatic heterocycles. The number of hydrogen-bond acceptors (Lipinski definition) is 5. The van der Waals surface area contributed by atoms with Gasteiger partial charge in [-0.1, -0.05) is 30.3 Å². The number of nitrogens with zero attached hydrogens (tertiary/aromatic N) is 3. The summed E-state index contributed by atoms with van der Waals surface area (Å²) in [5, 5.41) is 0.597. The number of hydrogen-bond donors (Lipinski definition) is 0. The van der Waals surface area contributed by atoms with Crippen LogP contribution in [0.3, 0.4) is 0 Å². The maximum absolute atomic E-state index is 14.1. The second-order valence-electron chi connectivity index (χ2n) is 8.47. The first-order chi connectivity index (χ1) is 17.5. The largest absolute Gasteiger partial charge is 0.452 e. The van der Waals surface area contributed by atoms with Gasteiger partial charge in [0, 0.05) is 37.1 Å². The lowest BCUT2D eigenvalue weighted by Crippen LogP contribution is -2.50. The van der Waals surface area contributed by atoms with Crippen molar-refractivity contribution in [3.8, 4) is 11.3 Å². The van der Waals surface area contributed by atoms with Gasteiger partial charge in [-0.05, 0) is 48.5 Å². The number of piperazine rings is 1. The average molecular weight is 488 g/mol. The topological polar surface area (TPSA) is 62.7 Å². The Hall–Kier alpha value is -4.33. The van der Waals surface area contributed by atoms with Gasteiger partial charge in [0.1, 0.15) is 11.6 Å². The highest BCUT2D eigenvalue weighted by Crippen LogP contribution is 2.26. The molecule has 4 aromatic rings. The molecule has 3 aromatic carbocycles. The number of aromatic nitrogens is 1. The molecular weight excluding hydrogens is 464 g/mol. The van der Waals surface area contributed by atoms with Crippen molar-refractivity contribution in [3.63, 3.8) is 0 Å². The number of esters is 1. The second kappa shape index (κ2) is 10.1. The number of pyridine rings is 1. The van der Waals surface area contributed by atoms with Crippen LogP contribution >= 0.6 is 0 Å². The Morgan fingerprint density at radius 2 is 1.56 bits per heavy atom. The standard InChI is InChI=1S/C28H23F2N3O3/c29-20-11-9-19(10-12-20)25-17-22(21-5-1-3-7-24(21)31-25)28(35)36-18-27(34)33-15-13-32(14-16-33)26-8-4-2-6-23(26)30/h1-12,17H,13-16,18H2. The van der Waals surface area contributed by atoms with E-state index in [0.29, 0.717) is 54.0 Å². The molecule has 1 aliphatic rings. The molecule has 0 unspecified atom stereocenters. The summed E-state index contributed by atoms with van der Waals surface area (Å²) < 4.78 is 32.8. The third-order valence-electron chi connectivity index (χ3n) is 6.23. The first-order valence-corrected chi connectivity index (χ1v) is 11.6. The molecule has 0 aliphatic carbocycles. The molecule has 8 heteroatoms. The molecule has 1 saturated heterocycles. The molecule has 0 spiro atoms. The number of para-hydroxylation sites is 2. The summed E-state index contributed by atoms with van der Waals surface area (Å²) in [6, 6.07) is 21.1. The lowest BCUT2D eigenvalue weighted by molar-refractivity contribution is -0.134. The molecule has 0 atom stereocenters. The summed E-state index contributed by atoms with van der Waals surface area (Å²) >= 11 is 0. The highest BCUT2D eigenvalue weighted by atomic mass is 19.1. The van der Waals surface area contributed by atoms with Crippen molar-refractivity contribution < 1.29 is 23.1 Å². The molecule has 36 heavy (non-hydrogen) atoms. The van der Waals surface area contributed by atoms with Gasteiger partial charge in [-0.3, -0.25) is 4.79 Å². The van der Waals surface area contributed by atoms with E-state index in [-0.39, 0.29) is 23.1 Å². The highest BCUT2D eigenvalue weighted by molar-refractivity contribution is 6.05. The van der Waals surface area contributed by atoms with Gasteiger partial charge in [-0.25, -0.2) is 18.6 Å². The van der Waals surface area contributed by atoms with E-state index in [9.17, 15) is 18.4 Å². The molecule has 1 aliphatic heterocycles. The summed E-state index contributed by atoms with van der Waals surface area (Å²) in [6.45, 7) is 1.36. The predicted octanol–water partition coefficient (Wildman–Crippen LogP) is 4.69. The van der Waals surface area contributed by atoms with E-state index >= 15 is 0 Å². The Bertz CT molecular complexity index is 1420. The Morgan fingerprint density at radius 1 is 0.861 bits per heavy atom. The van der Waals surface area contributed by atoms with Crippen molar-refractivity contribution in [2.45, 2.75) is 0 Å². The SMILES string of the molecule is O=C(OCC(=O)N1CCN(c2ccccc2F)CC1)c1cc(-c2ccc(F)cc2)nc2ccccc12. The monoisotopic (exact) mass is 487 g/mol. The third kappa shape index (κ3) is 4.88. The van der Waals surface area contributed by atoms with Gasteiger partial charge in [0.25, 0.3) is 5.91 Å². The van der Waals surface area contributed by atoms with Crippen LogP contribution in [0.25, 0.3) is 22.2 Å². The number of fused-ring (bicyclic) bond motifs is 1. The fourth-order valence-electron chi connectivity index (χ4n) is 4.31. The second-order valence-corrected chi connectivity index (χ2v) is 8.47. The van der Waals surface area contributed by atoms with Crippen LogP contribution in [-0.4, -0.2) is 54.5 Å². The number of carbonyl (C=O) groups excluding carboxylic acids is 2. The van der Waals surface area contributed by atoms with Crippen LogP contribution in [0.5, 0.6) is 0 Å². The molecule has 0 bridgehead atoms. The van der Waals surface area contributed by atoms with Gasteiger partial charge in [0.2, 0.25) is 0 Å².